The summed E-state index contributed by atoms with van der Waals surface area (Å²) in [6.45, 7) is 3.62. The maximum absolute atomic E-state index is 14.2. The van der Waals surface area contributed by atoms with E-state index < -0.39 is 28.5 Å². The van der Waals surface area contributed by atoms with Crippen LogP contribution in [0.3, 0.4) is 0 Å². The van der Waals surface area contributed by atoms with Crippen LogP contribution in [-0.4, -0.2) is 58.5 Å². The average molecular weight is 685 g/mol. The van der Waals surface area contributed by atoms with Crippen molar-refractivity contribution >= 4 is 62.3 Å². The normalized spacial score (nSPS) is 11.9. The average Bonchev–Trinajstić information content (AvgIpc) is 3.01. The van der Waals surface area contributed by atoms with Gasteiger partial charge in [0.1, 0.15) is 12.6 Å². The van der Waals surface area contributed by atoms with E-state index in [0.717, 1.165) is 17.1 Å². The molecule has 0 heterocycles. The molecule has 1 N–H and O–H groups in total. The minimum atomic E-state index is -4.34. The summed E-state index contributed by atoms with van der Waals surface area (Å²) in [6, 6.07) is 14.3. The zero-order chi connectivity index (χ0) is 32.4. The number of nitrogens with zero attached hydrogens (tertiary/aromatic N) is 2. The number of ether oxygens (including phenoxy) is 2. The van der Waals surface area contributed by atoms with Crippen LogP contribution in [0.5, 0.6) is 11.5 Å². The number of anilines is 1. The number of methoxy groups -OCH3 is 2. The summed E-state index contributed by atoms with van der Waals surface area (Å²) < 4.78 is 39.9. The minimum absolute atomic E-state index is 0.0136. The molecule has 3 rings (SSSR count). The molecule has 0 aromatic heterocycles. The first kappa shape index (κ1) is 35.3. The van der Waals surface area contributed by atoms with Gasteiger partial charge in [-0.3, -0.25) is 13.9 Å². The number of nitrogens with one attached hydrogen (secondary N) is 1. The fourth-order valence-corrected chi connectivity index (χ4v) is 6.38. The first-order chi connectivity index (χ1) is 21.0. The molecule has 44 heavy (non-hydrogen) atoms. The molecule has 0 aliphatic heterocycles. The third-order valence-electron chi connectivity index (χ3n) is 6.89. The Labute approximate surface area is 274 Å². The zero-order valence-electron chi connectivity index (χ0n) is 25.0. The molecule has 0 spiro atoms. The van der Waals surface area contributed by atoms with Gasteiger partial charge in [-0.2, -0.15) is 0 Å². The van der Waals surface area contributed by atoms with Crippen molar-refractivity contribution in [3.63, 3.8) is 0 Å². The van der Waals surface area contributed by atoms with E-state index in [0.29, 0.717) is 27.9 Å². The predicted molar refractivity (Wildman–Crippen MR) is 175 cm³/mol. The van der Waals surface area contributed by atoms with Gasteiger partial charge in [-0.05, 0) is 66.9 Å². The molecular formula is C31H36Cl3N3O6S. The lowest BCUT2D eigenvalue weighted by molar-refractivity contribution is -0.140. The van der Waals surface area contributed by atoms with Gasteiger partial charge < -0.3 is 19.7 Å². The van der Waals surface area contributed by atoms with Gasteiger partial charge in [-0.25, -0.2) is 8.42 Å². The summed E-state index contributed by atoms with van der Waals surface area (Å²) in [5.74, 6) is -0.400. The lowest BCUT2D eigenvalue weighted by atomic mass is 10.1. The van der Waals surface area contributed by atoms with Gasteiger partial charge in [0.15, 0.2) is 11.5 Å². The molecule has 0 saturated heterocycles. The molecular weight excluding hydrogens is 649 g/mol. The number of halogens is 3. The zero-order valence-corrected chi connectivity index (χ0v) is 28.1. The molecule has 0 bridgehead atoms. The van der Waals surface area contributed by atoms with Crippen LogP contribution in [-0.2, 0) is 26.2 Å². The quantitative estimate of drug-likeness (QED) is 0.181. The van der Waals surface area contributed by atoms with Crippen LogP contribution in [0.25, 0.3) is 0 Å². The van der Waals surface area contributed by atoms with E-state index in [1.807, 2.05) is 6.92 Å². The number of unbranched alkanes of at least 4 members (excludes halogenated alkanes) is 1. The number of hydrogen-bond donors (Lipinski definition) is 1. The van der Waals surface area contributed by atoms with Gasteiger partial charge in [-0.1, -0.05) is 61.1 Å². The Bertz CT molecular complexity index is 1550. The molecule has 0 saturated carbocycles. The second-order valence-corrected chi connectivity index (χ2v) is 13.0. The van der Waals surface area contributed by atoms with Crippen molar-refractivity contribution in [3.8, 4) is 11.5 Å². The lowest BCUT2D eigenvalue weighted by Gasteiger charge is -2.33. The summed E-state index contributed by atoms with van der Waals surface area (Å²) >= 11 is 18.5. The molecule has 13 heteroatoms. The molecule has 0 fully saturated rings. The van der Waals surface area contributed by atoms with E-state index >= 15 is 0 Å². The first-order valence-corrected chi connectivity index (χ1v) is 16.6. The summed E-state index contributed by atoms with van der Waals surface area (Å²) in [6.07, 6.45) is 1.94. The molecule has 238 valence electrons. The van der Waals surface area contributed by atoms with Crippen molar-refractivity contribution in [2.45, 2.75) is 50.6 Å². The third-order valence-corrected chi connectivity index (χ3v) is 9.65. The van der Waals surface area contributed by atoms with E-state index in [2.05, 4.69) is 5.32 Å². The van der Waals surface area contributed by atoms with Crippen LogP contribution in [0, 0.1) is 0 Å². The summed E-state index contributed by atoms with van der Waals surface area (Å²) in [5.41, 5.74) is 0.820. The van der Waals surface area contributed by atoms with E-state index in [1.165, 1.54) is 61.6 Å². The molecule has 0 unspecified atom stereocenters. The number of sulfonamides is 1. The highest BCUT2D eigenvalue weighted by Crippen LogP contribution is 2.33. The van der Waals surface area contributed by atoms with Crippen LogP contribution in [0.2, 0.25) is 15.1 Å². The second kappa shape index (κ2) is 16.2. The van der Waals surface area contributed by atoms with Crippen molar-refractivity contribution in [2.75, 3.05) is 31.6 Å². The van der Waals surface area contributed by atoms with Crippen LogP contribution >= 0.6 is 34.8 Å². The Hall–Kier alpha value is -3.18. The SMILES string of the molecule is CCCCNC(=O)[C@@H](CC)N(Cc1ccc(Cl)c(Cl)c1)C(=O)CN(c1ccc(Cl)cc1)S(=O)(=O)c1ccc(OC)c(OC)c1. The lowest BCUT2D eigenvalue weighted by Crippen LogP contribution is -2.52. The van der Waals surface area contributed by atoms with E-state index in [1.54, 1.807) is 25.1 Å². The molecule has 0 aliphatic carbocycles. The second-order valence-electron chi connectivity index (χ2n) is 9.84. The minimum Gasteiger partial charge on any atom is -0.493 e. The van der Waals surface area contributed by atoms with Crippen LogP contribution in [0.1, 0.15) is 38.7 Å². The Morgan fingerprint density at radius 1 is 0.886 bits per heavy atom. The van der Waals surface area contributed by atoms with Gasteiger partial charge in [0.25, 0.3) is 10.0 Å². The standard InChI is InChI=1S/C31H36Cl3N3O6S/c1-5-7-16-35-31(39)27(6-2)36(19-21-8-14-25(33)26(34)17-21)30(38)20-37(23-11-9-22(32)10-12-23)44(40,41)24-13-15-28(42-3)29(18-24)43-4/h8-15,17-18,27H,5-7,16,19-20H2,1-4H3,(H,35,39)/t27-/m1/s1. The first-order valence-electron chi connectivity index (χ1n) is 14.0. The van der Waals surface area contributed by atoms with Gasteiger partial charge >= 0.3 is 0 Å². The molecule has 2 amide bonds. The Morgan fingerprint density at radius 3 is 2.16 bits per heavy atom. The number of amides is 2. The van der Waals surface area contributed by atoms with Gasteiger partial charge in [0.05, 0.1) is 34.8 Å². The monoisotopic (exact) mass is 683 g/mol. The largest absolute Gasteiger partial charge is 0.493 e. The number of benzene rings is 3. The van der Waals surface area contributed by atoms with Crippen LogP contribution < -0.4 is 19.1 Å². The molecule has 0 radical (unpaired) electrons. The highest BCUT2D eigenvalue weighted by atomic mass is 35.5. The van der Waals surface area contributed by atoms with Gasteiger partial charge in [0, 0.05) is 24.2 Å². The number of carbonyl (C=O) groups is 2. The van der Waals surface area contributed by atoms with Crippen molar-refractivity contribution in [1.82, 2.24) is 10.2 Å². The highest BCUT2D eigenvalue weighted by molar-refractivity contribution is 7.92. The summed E-state index contributed by atoms with van der Waals surface area (Å²) in [4.78, 5) is 28.8. The van der Waals surface area contributed by atoms with E-state index in [-0.39, 0.29) is 40.2 Å². The molecule has 3 aromatic carbocycles. The topological polar surface area (TPSA) is 105 Å². The van der Waals surface area contributed by atoms with Crippen LogP contribution in [0.4, 0.5) is 5.69 Å². The molecule has 3 aromatic rings. The Balaban J connectivity index is 2.09. The van der Waals surface area contributed by atoms with E-state index in [4.69, 9.17) is 44.3 Å². The maximum atomic E-state index is 14.2. The predicted octanol–water partition coefficient (Wildman–Crippen LogP) is 6.58. The Morgan fingerprint density at radius 2 is 1.57 bits per heavy atom. The van der Waals surface area contributed by atoms with Crippen molar-refractivity contribution < 1.29 is 27.5 Å². The Kier molecular flexibility index (Phi) is 13.0. The van der Waals surface area contributed by atoms with Crippen molar-refractivity contribution in [3.05, 3.63) is 81.3 Å². The highest BCUT2D eigenvalue weighted by Gasteiger charge is 2.34. The molecule has 9 nitrogen and oxygen atoms in total. The fraction of sp³-hybridized carbons (Fsp3) is 0.355. The number of hydrogen-bond acceptors (Lipinski definition) is 6. The fourth-order valence-electron chi connectivity index (χ4n) is 4.50. The third kappa shape index (κ3) is 8.72. The summed E-state index contributed by atoms with van der Waals surface area (Å²) in [5, 5.41) is 3.91. The number of carbonyl (C=O) groups excluding carboxylic acids is 2. The van der Waals surface area contributed by atoms with E-state index in [9.17, 15) is 18.0 Å². The molecule has 0 aliphatic rings. The maximum Gasteiger partial charge on any atom is 0.264 e. The van der Waals surface area contributed by atoms with Crippen molar-refractivity contribution in [2.24, 2.45) is 0 Å². The number of rotatable bonds is 15. The molecule has 1 atom stereocenters. The van der Waals surface area contributed by atoms with Gasteiger partial charge in [-0.15, -0.1) is 0 Å². The summed E-state index contributed by atoms with van der Waals surface area (Å²) in [7, 11) is -1.51. The van der Waals surface area contributed by atoms with Gasteiger partial charge in [0.2, 0.25) is 11.8 Å². The van der Waals surface area contributed by atoms with Crippen LogP contribution in [0.15, 0.2) is 65.6 Å². The smallest absolute Gasteiger partial charge is 0.264 e. The van der Waals surface area contributed by atoms with Crippen molar-refractivity contribution in [1.29, 1.82) is 0 Å².